The van der Waals surface area contributed by atoms with E-state index >= 15 is 0 Å². The van der Waals surface area contributed by atoms with Crippen LogP contribution in [0.4, 0.5) is 0 Å². The Morgan fingerprint density at radius 3 is 2.70 bits per heavy atom. The first kappa shape index (κ1) is 17.6. The smallest absolute Gasteiger partial charge is 0.308 e. The third-order valence-corrected chi connectivity index (χ3v) is 4.54. The van der Waals surface area contributed by atoms with Crippen LogP contribution in [0.5, 0.6) is 0 Å². The molecule has 0 spiro atoms. The Balaban J connectivity index is 1.80. The van der Waals surface area contributed by atoms with Gasteiger partial charge in [-0.25, -0.2) is 0 Å². The first-order valence-electron chi connectivity index (χ1n) is 7.92. The molecule has 1 heterocycles. The van der Waals surface area contributed by atoms with Crippen LogP contribution in [0.1, 0.15) is 18.4 Å². The minimum atomic E-state index is -0.105. The number of carbonyl (C=O) groups excluding carboxylic acids is 1. The number of benzene rings is 1. The summed E-state index contributed by atoms with van der Waals surface area (Å²) in [5.41, 5.74) is 1.13. The summed E-state index contributed by atoms with van der Waals surface area (Å²) in [5, 5.41) is 4.17. The molecule has 0 saturated carbocycles. The van der Waals surface area contributed by atoms with E-state index in [-0.39, 0.29) is 11.9 Å². The summed E-state index contributed by atoms with van der Waals surface area (Å²) < 4.78 is 4.82. The molecular weight excluding hydrogens is 314 g/mol. The summed E-state index contributed by atoms with van der Waals surface area (Å²) in [4.78, 5) is 18.1. The Bertz CT molecular complexity index is 555. The zero-order valence-electron chi connectivity index (χ0n) is 13.7. The lowest BCUT2D eigenvalue weighted by atomic mass is 9.97. The number of nitrogens with zero attached hydrogens (tertiary/aromatic N) is 2. The Hall–Kier alpha value is -1.75. The number of nitrogens with one attached hydrogen (secondary N) is 1. The van der Waals surface area contributed by atoms with Gasteiger partial charge in [-0.3, -0.25) is 9.79 Å². The first-order chi connectivity index (χ1) is 11.2. The number of ether oxygens (including phenoxy) is 1. The first-order valence-corrected chi connectivity index (χ1v) is 8.30. The van der Waals surface area contributed by atoms with Crippen molar-refractivity contribution in [3.8, 4) is 0 Å². The summed E-state index contributed by atoms with van der Waals surface area (Å²) in [6.07, 6.45) is 2.45. The van der Waals surface area contributed by atoms with Gasteiger partial charge in [-0.15, -0.1) is 0 Å². The van der Waals surface area contributed by atoms with Crippen LogP contribution < -0.4 is 5.32 Å². The van der Waals surface area contributed by atoms with Crippen LogP contribution in [0, 0.1) is 5.92 Å². The van der Waals surface area contributed by atoms with Crippen molar-refractivity contribution in [2.45, 2.75) is 19.3 Å². The van der Waals surface area contributed by atoms with Crippen molar-refractivity contribution in [1.82, 2.24) is 10.2 Å². The number of rotatable bonds is 4. The molecule has 0 atom stereocenters. The molecule has 1 saturated heterocycles. The van der Waals surface area contributed by atoms with E-state index in [9.17, 15) is 4.79 Å². The van der Waals surface area contributed by atoms with Crippen LogP contribution in [-0.2, 0) is 16.0 Å². The highest BCUT2D eigenvalue weighted by Gasteiger charge is 2.26. The number of hydrogen-bond donors (Lipinski definition) is 1. The van der Waals surface area contributed by atoms with Gasteiger partial charge in [-0.1, -0.05) is 29.8 Å². The van der Waals surface area contributed by atoms with E-state index in [0.29, 0.717) is 0 Å². The second-order valence-corrected chi connectivity index (χ2v) is 6.01. The second-order valence-electron chi connectivity index (χ2n) is 5.60. The third-order valence-electron chi connectivity index (χ3n) is 4.18. The lowest BCUT2D eigenvalue weighted by Crippen LogP contribution is -2.47. The van der Waals surface area contributed by atoms with Crippen molar-refractivity contribution in [2.75, 3.05) is 33.8 Å². The van der Waals surface area contributed by atoms with Gasteiger partial charge in [0.2, 0.25) is 0 Å². The number of guanidine groups is 1. The van der Waals surface area contributed by atoms with E-state index in [1.54, 1.807) is 7.05 Å². The summed E-state index contributed by atoms with van der Waals surface area (Å²) in [6, 6.07) is 7.87. The van der Waals surface area contributed by atoms with Crippen molar-refractivity contribution in [3.63, 3.8) is 0 Å². The maximum absolute atomic E-state index is 11.6. The highest BCUT2D eigenvalue weighted by molar-refractivity contribution is 6.31. The maximum Gasteiger partial charge on any atom is 0.308 e. The molecule has 1 N–H and O–H groups in total. The third kappa shape index (κ3) is 4.86. The topological polar surface area (TPSA) is 53.9 Å². The van der Waals surface area contributed by atoms with Crippen molar-refractivity contribution in [3.05, 3.63) is 34.9 Å². The molecule has 0 amide bonds. The zero-order valence-corrected chi connectivity index (χ0v) is 14.5. The van der Waals surface area contributed by atoms with Crippen LogP contribution in [0.25, 0.3) is 0 Å². The fourth-order valence-electron chi connectivity index (χ4n) is 2.84. The Morgan fingerprint density at radius 1 is 1.39 bits per heavy atom. The largest absolute Gasteiger partial charge is 0.469 e. The number of esters is 1. The summed E-state index contributed by atoms with van der Waals surface area (Å²) in [6.45, 7) is 2.39. The summed E-state index contributed by atoms with van der Waals surface area (Å²) in [7, 11) is 3.23. The lowest BCUT2D eigenvalue weighted by molar-refractivity contribution is -0.146. The number of hydrogen-bond acceptors (Lipinski definition) is 3. The van der Waals surface area contributed by atoms with Crippen molar-refractivity contribution >= 4 is 23.5 Å². The summed E-state index contributed by atoms with van der Waals surface area (Å²) in [5.74, 6) is 0.782. The average molecular weight is 338 g/mol. The number of halogens is 1. The quantitative estimate of drug-likeness (QED) is 0.520. The van der Waals surface area contributed by atoms with Gasteiger partial charge in [0.25, 0.3) is 0 Å². The van der Waals surface area contributed by atoms with Crippen molar-refractivity contribution in [2.24, 2.45) is 10.9 Å². The minimum absolute atomic E-state index is 0.0116. The fourth-order valence-corrected chi connectivity index (χ4v) is 3.07. The van der Waals surface area contributed by atoms with Gasteiger partial charge in [0.1, 0.15) is 0 Å². The van der Waals surface area contributed by atoms with Crippen LogP contribution in [0.3, 0.4) is 0 Å². The normalized spacial score (nSPS) is 16.3. The van der Waals surface area contributed by atoms with Gasteiger partial charge < -0.3 is 15.0 Å². The van der Waals surface area contributed by atoms with E-state index in [1.807, 2.05) is 24.3 Å². The van der Waals surface area contributed by atoms with E-state index in [0.717, 1.165) is 55.4 Å². The predicted octanol–water partition coefficient (Wildman–Crippen LogP) is 2.34. The molecule has 1 aromatic rings. The Labute approximate surface area is 142 Å². The molecule has 0 radical (unpaired) electrons. The molecule has 1 aliphatic heterocycles. The SMILES string of the molecule is CN=C(NCCc1ccccc1Cl)N1CCC(C(=O)OC)CC1. The molecule has 126 valence electrons. The van der Waals surface area contributed by atoms with E-state index in [1.165, 1.54) is 7.11 Å². The molecule has 0 aliphatic carbocycles. The van der Waals surface area contributed by atoms with Crippen LogP contribution in [0.2, 0.25) is 5.02 Å². The van der Waals surface area contributed by atoms with E-state index in [4.69, 9.17) is 16.3 Å². The standard InChI is InChI=1S/C17H24ClN3O2/c1-19-17(20-10-7-13-5-3-4-6-15(13)18)21-11-8-14(9-12-21)16(22)23-2/h3-6,14H,7-12H2,1-2H3,(H,19,20). The zero-order chi connectivity index (χ0) is 16.7. The number of aliphatic imine (C=N–C) groups is 1. The molecule has 1 aromatic carbocycles. The number of methoxy groups -OCH3 is 1. The van der Waals surface area contributed by atoms with Crippen LogP contribution in [0.15, 0.2) is 29.3 Å². The minimum Gasteiger partial charge on any atom is -0.469 e. The number of carbonyl (C=O) groups is 1. The lowest BCUT2D eigenvalue weighted by Gasteiger charge is -2.33. The van der Waals surface area contributed by atoms with Crippen LogP contribution >= 0.6 is 11.6 Å². The molecule has 1 aliphatic rings. The second kappa shape index (κ2) is 8.77. The van der Waals surface area contributed by atoms with Crippen molar-refractivity contribution in [1.29, 1.82) is 0 Å². The molecule has 1 fully saturated rings. The molecular formula is C17H24ClN3O2. The summed E-state index contributed by atoms with van der Waals surface area (Å²) >= 11 is 6.17. The molecule has 2 rings (SSSR count). The number of likely N-dealkylation sites (tertiary alicyclic amines) is 1. The molecule has 0 unspecified atom stereocenters. The molecule has 6 heteroatoms. The predicted molar refractivity (Wildman–Crippen MR) is 92.8 cm³/mol. The van der Waals surface area contributed by atoms with Gasteiger partial charge >= 0.3 is 5.97 Å². The van der Waals surface area contributed by atoms with Gasteiger partial charge in [0.05, 0.1) is 13.0 Å². The van der Waals surface area contributed by atoms with Crippen molar-refractivity contribution < 1.29 is 9.53 Å². The van der Waals surface area contributed by atoms with E-state index in [2.05, 4.69) is 15.2 Å². The highest BCUT2D eigenvalue weighted by Crippen LogP contribution is 2.18. The molecule has 0 aromatic heterocycles. The van der Waals surface area contributed by atoms with E-state index < -0.39 is 0 Å². The molecule has 5 nitrogen and oxygen atoms in total. The number of piperidine rings is 1. The van der Waals surface area contributed by atoms with Gasteiger partial charge in [0, 0.05) is 31.7 Å². The fraction of sp³-hybridized carbons (Fsp3) is 0.529. The Kier molecular flexibility index (Phi) is 6.71. The molecule has 23 heavy (non-hydrogen) atoms. The monoisotopic (exact) mass is 337 g/mol. The van der Waals surface area contributed by atoms with Gasteiger partial charge in [-0.05, 0) is 30.9 Å². The Morgan fingerprint density at radius 2 is 2.09 bits per heavy atom. The average Bonchev–Trinajstić information content (AvgIpc) is 2.60. The van der Waals surface area contributed by atoms with Gasteiger partial charge in [-0.2, -0.15) is 0 Å². The molecule has 0 bridgehead atoms. The van der Waals surface area contributed by atoms with Crippen LogP contribution in [-0.4, -0.2) is 50.6 Å². The highest BCUT2D eigenvalue weighted by atomic mass is 35.5. The maximum atomic E-state index is 11.6. The van der Waals surface area contributed by atoms with Gasteiger partial charge in [0.15, 0.2) is 5.96 Å².